The summed E-state index contributed by atoms with van der Waals surface area (Å²) in [4.78, 5) is 23.7. The Hall–Kier alpha value is -7.96. The first-order valence-corrected chi connectivity index (χ1v) is 24.8. The van der Waals surface area contributed by atoms with Crippen molar-refractivity contribution in [2.45, 2.75) is 26.5 Å². The number of fused-ring (bicyclic) bond motifs is 2. The number of anilines is 4. The van der Waals surface area contributed by atoms with E-state index in [1.54, 1.807) is 13.0 Å². The van der Waals surface area contributed by atoms with E-state index in [-0.39, 0.29) is 55.7 Å². The minimum absolute atomic E-state index is 0.00672. The van der Waals surface area contributed by atoms with Crippen LogP contribution in [0.2, 0.25) is 0 Å². The summed E-state index contributed by atoms with van der Waals surface area (Å²) in [6.45, 7) is 1.65. The Labute approximate surface area is 390 Å². The minimum atomic E-state index is -5.04. The van der Waals surface area contributed by atoms with E-state index in [0.717, 1.165) is 60.7 Å². The standard InChI is InChI=1S/C41H32N8O16S4/c1-21-2-3-28(44-40(52)42-26-8-14-31-22(16-26)18-34(68(60,61)62)36(38(31)50)48-46-24-4-10-29(11-5-24)66(54,55)56)20-33(21)45-41(53)43-27-9-15-32-23(17-27)19-35(69(63,64)65)37(39(32)51)49-47-25-6-12-30(13-7-25)67(57,58)59/h2-20,50-51H,1H3,(H2,42,44,52)(H2,43,45,53)(H,54,55,56)(H,57,58,59)(H,60,61,62)(H,63,64,65). The summed E-state index contributed by atoms with van der Waals surface area (Å²) in [5.41, 5.74) is -0.176. The van der Waals surface area contributed by atoms with E-state index in [1.807, 2.05) is 0 Å². The zero-order valence-corrected chi connectivity index (χ0v) is 37.9. The third-order valence-corrected chi connectivity index (χ3v) is 13.2. The van der Waals surface area contributed by atoms with Gasteiger partial charge in [0.2, 0.25) is 0 Å². The molecule has 0 bridgehead atoms. The van der Waals surface area contributed by atoms with Crippen molar-refractivity contribution in [1.82, 2.24) is 0 Å². The highest BCUT2D eigenvalue weighted by Crippen LogP contribution is 2.44. The molecule has 4 amide bonds. The quantitative estimate of drug-likeness (QED) is 0.0403. The molecular formula is C41H32N8O16S4. The number of benzene rings is 7. The number of phenolic OH excluding ortho intramolecular Hbond substituents is 2. The Morgan fingerprint density at radius 1 is 0.435 bits per heavy atom. The summed E-state index contributed by atoms with van der Waals surface area (Å²) in [5, 5.41) is 47.6. The summed E-state index contributed by atoms with van der Waals surface area (Å²) in [7, 11) is -19.1. The van der Waals surface area contributed by atoms with E-state index in [0.29, 0.717) is 5.56 Å². The molecule has 0 spiro atoms. The molecule has 0 fully saturated rings. The Morgan fingerprint density at radius 2 is 0.797 bits per heavy atom. The van der Waals surface area contributed by atoms with Gasteiger partial charge in [-0.2, -0.15) is 43.9 Å². The normalized spacial score (nSPS) is 12.4. The Bertz CT molecular complexity index is 3800. The summed E-state index contributed by atoms with van der Waals surface area (Å²) in [5.74, 6) is -1.43. The fourth-order valence-electron chi connectivity index (χ4n) is 6.44. The highest BCUT2D eigenvalue weighted by atomic mass is 32.2. The van der Waals surface area contributed by atoms with E-state index in [9.17, 15) is 71.7 Å². The number of carbonyl (C=O) groups is 2. The smallest absolute Gasteiger partial charge is 0.323 e. The molecule has 0 aliphatic rings. The van der Waals surface area contributed by atoms with Crippen LogP contribution in [0.25, 0.3) is 21.5 Å². The van der Waals surface area contributed by atoms with Crippen molar-refractivity contribution in [1.29, 1.82) is 0 Å². The van der Waals surface area contributed by atoms with Crippen LogP contribution in [0.4, 0.5) is 55.1 Å². The number of nitrogens with one attached hydrogen (secondary N) is 4. The van der Waals surface area contributed by atoms with Gasteiger partial charge in [-0.1, -0.05) is 6.07 Å². The van der Waals surface area contributed by atoms with Gasteiger partial charge in [0.25, 0.3) is 40.5 Å². The van der Waals surface area contributed by atoms with Gasteiger partial charge in [-0.25, -0.2) is 9.59 Å². The zero-order chi connectivity index (χ0) is 50.2. The number of rotatable bonds is 12. The van der Waals surface area contributed by atoms with Gasteiger partial charge >= 0.3 is 12.1 Å². The van der Waals surface area contributed by atoms with Crippen LogP contribution in [0.3, 0.4) is 0 Å². The van der Waals surface area contributed by atoms with Crippen molar-refractivity contribution >= 4 is 120 Å². The largest absolute Gasteiger partial charge is 0.505 e. The molecule has 0 aromatic heterocycles. The maximum atomic E-state index is 13.2. The zero-order valence-electron chi connectivity index (χ0n) is 34.7. The van der Waals surface area contributed by atoms with Gasteiger partial charge in [0.15, 0.2) is 11.5 Å². The van der Waals surface area contributed by atoms with Crippen LogP contribution in [-0.4, -0.2) is 74.2 Å². The summed E-state index contributed by atoms with van der Waals surface area (Å²) in [6, 6.07) is 21.4. The molecule has 24 nitrogen and oxygen atoms in total. The number of nitrogens with zero attached hydrogens (tertiary/aromatic N) is 4. The molecule has 0 radical (unpaired) electrons. The molecule has 28 heteroatoms. The summed E-state index contributed by atoms with van der Waals surface area (Å²) >= 11 is 0. The maximum Gasteiger partial charge on any atom is 0.323 e. The Balaban J connectivity index is 1.04. The van der Waals surface area contributed by atoms with Crippen molar-refractivity contribution in [3.63, 3.8) is 0 Å². The second kappa shape index (κ2) is 18.6. The van der Waals surface area contributed by atoms with Crippen molar-refractivity contribution in [2.24, 2.45) is 20.5 Å². The molecule has 0 heterocycles. The lowest BCUT2D eigenvalue weighted by Gasteiger charge is -2.14. The van der Waals surface area contributed by atoms with Crippen LogP contribution >= 0.6 is 0 Å². The average molecular weight is 1020 g/mol. The average Bonchev–Trinajstić information content (AvgIpc) is 3.25. The number of amides is 4. The van der Waals surface area contributed by atoms with E-state index in [2.05, 4.69) is 41.7 Å². The van der Waals surface area contributed by atoms with Gasteiger partial charge in [-0.15, -0.1) is 10.2 Å². The first-order valence-electron chi connectivity index (χ1n) is 19.0. The Kier molecular flexibility index (Phi) is 13.2. The van der Waals surface area contributed by atoms with Gasteiger partial charge in [0.05, 0.1) is 21.2 Å². The number of urea groups is 2. The molecule has 0 saturated carbocycles. The number of carbonyl (C=O) groups excluding carboxylic acids is 2. The predicted molar refractivity (Wildman–Crippen MR) is 248 cm³/mol. The number of hydrogen-bond donors (Lipinski definition) is 10. The minimum Gasteiger partial charge on any atom is -0.505 e. The fraction of sp³-hybridized carbons (Fsp3) is 0.0244. The van der Waals surface area contributed by atoms with Gasteiger partial charge < -0.3 is 31.5 Å². The molecule has 0 aliphatic carbocycles. The van der Waals surface area contributed by atoms with Crippen LogP contribution in [-0.2, 0) is 40.5 Å². The van der Waals surface area contributed by atoms with Gasteiger partial charge in [0.1, 0.15) is 21.2 Å². The molecule has 7 aromatic rings. The van der Waals surface area contributed by atoms with Gasteiger partial charge in [-0.05, 0) is 132 Å². The van der Waals surface area contributed by atoms with Gasteiger partial charge in [-0.3, -0.25) is 18.2 Å². The van der Waals surface area contributed by atoms with Crippen LogP contribution < -0.4 is 21.3 Å². The molecule has 0 unspecified atom stereocenters. The summed E-state index contributed by atoms with van der Waals surface area (Å²) in [6.07, 6.45) is 0. The number of phenols is 2. The van der Waals surface area contributed by atoms with Crippen LogP contribution in [0.15, 0.2) is 155 Å². The molecule has 7 rings (SSSR count). The maximum absolute atomic E-state index is 13.2. The number of hydrogen-bond acceptors (Lipinski definition) is 16. The summed E-state index contributed by atoms with van der Waals surface area (Å²) < 4.78 is 133. The molecule has 0 aliphatic heterocycles. The monoisotopic (exact) mass is 1020 g/mol. The molecule has 69 heavy (non-hydrogen) atoms. The van der Waals surface area contributed by atoms with Crippen LogP contribution in [0, 0.1) is 6.92 Å². The lowest BCUT2D eigenvalue weighted by atomic mass is 10.1. The van der Waals surface area contributed by atoms with Crippen LogP contribution in [0.1, 0.15) is 5.56 Å². The Morgan fingerprint density at radius 3 is 1.17 bits per heavy atom. The molecule has 10 N–H and O–H groups in total. The van der Waals surface area contributed by atoms with E-state index in [4.69, 9.17) is 0 Å². The fourth-order valence-corrected chi connectivity index (χ4v) is 8.72. The SMILES string of the molecule is Cc1ccc(NC(=O)Nc2ccc3c(O)c(N=Nc4ccc(S(=O)(=O)O)cc4)c(S(=O)(=O)O)cc3c2)cc1NC(=O)Nc1ccc2c(O)c(N=Nc3ccc(S(=O)(=O)O)cc3)c(S(=O)(=O)O)cc2c1. The third kappa shape index (κ3) is 11.4. The molecular weight excluding hydrogens is 989 g/mol. The second-order valence-electron chi connectivity index (χ2n) is 14.5. The topological polar surface area (TPSA) is 390 Å². The first kappa shape index (κ1) is 49.0. The van der Waals surface area contributed by atoms with Crippen molar-refractivity contribution in [2.75, 3.05) is 21.3 Å². The number of azo groups is 2. The molecule has 0 atom stereocenters. The van der Waals surface area contributed by atoms with Crippen molar-refractivity contribution in [3.05, 3.63) is 121 Å². The highest BCUT2D eigenvalue weighted by molar-refractivity contribution is 7.86. The predicted octanol–water partition coefficient (Wildman–Crippen LogP) is 8.82. The second-order valence-corrected chi connectivity index (χ2v) is 20.1. The van der Waals surface area contributed by atoms with Crippen molar-refractivity contribution in [3.8, 4) is 11.5 Å². The lowest BCUT2D eigenvalue weighted by Crippen LogP contribution is -2.21. The van der Waals surface area contributed by atoms with Crippen molar-refractivity contribution < 1.29 is 71.7 Å². The van der Waals surface area contributed by atoms with Gasteiger partial charge in [0, 0.05) is 33.5 Å². The number of aromatic hydroxyl groups is 2. The molecule has 0 saturated heterocycles. The molecule has 7 aromatic carbocycles. The highest BCUT2D eigenvalue weighted by Gasteiger charge is 2.24. The molecule has 356 valence electrons. The number of aryl methyl sites for hydroxylation is 1. The van der Waals surface area contributed by atoms with E-state index < -0.39 is 95.0 Å². The van der Waals surface area contributed by atoms with Crippen LogP contribution in [0.5, 0.6) is 11.5 Å². The lowest BCUT2D eigenvalue weighted by molar-refractivity contribution is 0.261. The van der Waals surface area contributed by atoms with E-state index >= 15 is 0 Å². The third-order valence-electron chi connectivity index (χ3n) is 9.72. The van der Waals surface area contributed by atoms with E-state index in [1.165, 1.54) is 48.5 Å². The first-order chi connectivity index (χ1) is 32.2.